The molecule has 314 valence electrons. The van der Waals surface area contributed by atoms with Gasteiger partial charge in [0.1, 0.15) is 0 Å². The molecular weight excluding hydrogens is 826 g/mol. The Morgan fingerprint density at radius 2 is 0.897 bits per heavy atom. The molecule has 4 amide bonds. The maximum atomic E-state index is 13.5. The molecule has 0 spiro atoms. The maximum absolute atomic E-state index is 13.5. The van der Waals surface area contributed by atoms with Crippen LogP contribution in [0.15, 0.2) is 60.7 Å². The molecule has 0 aromatic heterocycles. The van der Waals surface area contributed by atoms with Crippen molar-refractivity contribution >= 4 is 106 Å². The molecule has 0 bridgehead atoms. The van der Waals surface area contributed by atoms with E-state index in [0.717, 1.165) is 60.9 Å². The third-order valence-corrected chi connectivity index (χ3v) is 11.7. The van der Waals surface area contributed by atoms with E-state index >= 15 is 0 Å². The molecule has 4 aliphatic heterocycles. The number of nitrogens with zero attached hydrogens (tertiary/aromatic N) is 4. The number of rotatable bonds is 15. The largest absolute Gasteiger partial charge is 0.394 e. The van der Waals surface area contributed by atoms with Gasteiger partial charge in [0.15, 0.2) is 0 Å². The first-order chi connectivity index (χ1) is 26.4. The average molecular weight is 879 g/mol. The van der Waals surface area contributed by atoms with Crippen molar-refractivity contribution in [3.63, 3.8) is 0 Å². The predicted molar refractivity (Wildman–Crippen MR) is 238 cm³/mol. The molecule has 4 N–H and O–H groups in total. The maximum Gasteiger partial charge on any atom is 0.261 e. The number of hydrogen-bond acceptors (Lipinski definition) is 10. The zero-order valence-corrected chi connectivity index (χ0v) is 35.5. The molecule has 16 heteroatoms. The van der Waals surface area contributed by atoms with E-state index in [0.29, 0.717) is 85.1 Å². The van der Waals surface area contributed by atoms with Crippen molar-refractivity contribution in [3.05, 3.63) is 82.9 Å². The zero-order chi connectivity index (χ0) is 37.3. The summed E-state index contributed by atoms with van der Waals surface area (Å²) in [7, 11) is 0. The van der Waals surface area contributed by atoms with E-state index in [-0.39, 0.29) is 98.6 Å². The highest BCUT2D eigenvalue weighted by Crippen LogP contribution is 2.40. The van der Waals surface area contributed by atoms with Gasteiger partial charge in [0, 0.05) is 94.4 Å². The van der Waals surface area contributed by atoms with E-state index in [1.807, 2.05) is 48.5 Å². The topological polar surface area (TPSA) is 146 Å². The first-order valence-corrected chi connectivity index (χ1v) is 19.4. The van der Waals surface area contributed by atoms with Crippen LogP contribution < -0.4 is 20.4 Å². The Morgan fingerprint density at radius 3 is 1.28 bits per heavy atom. The number of imide groups is 2. The molecule has 4 aromatic carbocycles. The van der Waals surface area contributed by atoms with Crippen LogP contribution in [0.2, 0.25) is 0 Å². The van der Waals surface area contributed by atoms with Gasteiger partial charge < -0.3 is 30.6 Å². The monoisotopic (exact) mass is 876 g/mol. The molecule has 0 saturated carbocycles. The molecule has 0 unspecified atom stereocenters. The van der Waals surface area contributed by atoms with E-state index < -0.39 is 0 Å². The van der Waals surface area contributed by atoms with Gasteiger partial charge >= 0.3 is 0 Å². The van der Waals surface area contributed by atoms with E-state index in [4.69, 9.17) is 0 Å². The lowest BCUT2D eigenvalue weighted by atomic mass is 9.92. The lowest BCUT2D eigenvalue weighted by molar-refractivity contribution is 0.0593. The molecule has 4 aliphatic rings. The van der Waals surface area contributed by atoms with Gasteiger partial charge in [0.25, 0.3) is 23.6 Å². The number of nitrogens with one attached hydrogen (secondary N) is 2. The minimum atomic E-state index is -0.272. The number of aliphatic hydroxyl groups is 2. The van der Waals surface area contributed by atoms with E-state index in [1.165, 1.54) is 9.80 Å². The summed E-state index contributed by atoms with van der Waals surface area (Å²) in [5, 5.41) is 29.7. The quantitative estimate of drug-likeness (QED) is 0.0899. The van der Waals surface area contributed by atoms with Gasteiger partial charge in [0.05, 0.1) is 25.3 Å². The molecule has 8 rings (SSSR count). The van der Waals surface area contributed by atoms with Gasteiger partial charge in [-0.3, -0.25) is 29.0 Å². The highest BCUT2D eigenvalue weighted by molar-refractivity contribution is 6.28. The molecule has 12 nitrogen and oxygen atoms in total. The van der Waals surface area contributed by atoms with Crippen molar-refractivity contribution in [1.29, 1.82) is 0 Å². The number of benzene rings is 4. The molecular formula is C42H52Cl4N6O6. The summed E-state index contributed by atoms with van der Waals surface area (Å²) in [5.74, 6) is -1.09. The smallest absolute Gasteiger partial charge is 0.261 e. The van der Waals surface area contributed by atoms with Crippen LogP contribution in [0.5, 0.6) is 0 Å². The molecule has 2 saturated heterocycles. The van der Waals surface area contributed by atoms with E-state index in [1.54, 1.807) is 12.1 Å². The van der Waals surface area contributed by atoms with Crippen LogP contribution in [0.3, 0.4) is 0 Å². The normalized spacial score (nSPS) is 18.4. The van der Waals surface area contributed by atoms with Crippen LogP contribution >= 0.6 is 49.6 Å². The summed E-state index contributed by atoms with van der Waals surface area (Å²) in [4.78, 5) is 61.3. The number of halogens is 4. The summed E-state index contributed by atoms with van der Waals surface area (Å²) in [5.41, 5.74) is 4.08. The summed E-state index contributed by atoms with van der Waals surface area (Å²) < 4.78 is 0. The van der Waals surface area contributed by atoms with Gasteiger partial charge in [0.2, 0.25) is 0 Å². The third kappa shape index (κ3) is 8.49. The molecule has 0 radical (unpaired) electrons. The van der Waals surface area contributed by atoms with Gasteiger partial charge in [-0.1, -0.05) is 24.3 Å². The van der Waals surface area contributed by atoms with Gasteiger partial charge in [-0.05, 0) is 88.0 Å². The average Bonchev–Trinajstić information content (AvgIpc) is 3.88. The Morgan fingerprint density at radius 1 is 0.517 bits per heavy atom. The predicted octanol–water partition coefficient (Wildman–Crippen LogP) is 5.45. The minimum Gasteiger partial charge on any atom is -0.394 e. The first kappa shape index (κ1) is 47.0. The lowest BCUT2D eigenvalue weighted by Gasteiger charge is -2.31. The molecule has 4 heterocycles. The van der Waals surface area contributed by atoms with Crippen molar-refractivity contribution in [3.8, 4) is 0 Å². The van der Waals surface area contributed by atoms with Crippen LogP contribution in [0.1, 0.15) is 80.0 Å². The fourth-order valence-electron chi connectivity index (χ4n) is 9.01. The molecule has 4 aromatic rings. The van der Waals surface area contributed by atoms with Crippen molar-refractivity contribution < 1.29 is 29.4 Å². The Balaban J connectivity index is 0.00000186. The Hall–Kier alpha value is -3.72. The van der Waals surface area contributed by atoms with E-state index in [9.17, 15) is 29.4 Å². The van der Waals surface area contributed by atoms with Crippen LogP contribution in [0.4, 0.5) is 11.4 Å². The van der Waals surface area contributed by atoms with Crippen molar-refractivity contribution in [1.82, 2.24) is 20.4 Å². The van der Waals surface area contributed by atoms with Gasteiger partial charge in [-0.2, -0.15) is 0 Å². The van der Waals surface area contributed by atoms with Crippen LogP contribution in [0, 0.1) is 0 Å². The standard InChI is InChI=1S/C42H48N6O6.4ClH/c49-25-27-7-3-21-45(27)35-15-13-33-37-29(35)9-1-11-31(37)39(51)47(41(33)53)23-5-17-43-19-20-44-18-6-24-48-40(52)32-12-2-10-30-36(46-22-4-8-28(46)26-50)16-14-34(38(30)32)42(48)54;;;;/h1-2,9-16,27-28,43-44,49-50H,3-8,17-26H2;4*1H/t27-,28-;;;;/m1..../s1. The van der Waals surface area contributed by atoms with Crippen molar-refractivity contribution in [2.75, 3.05) is 75.4 Å². The van der Waals surface area contributed by atoms with E-state index in [2.05, 4.69) is 20.4 Å². The SMILES string of the molecule is Cl.Cl.Cl.Cl.O=C1c2cccc3c(N4CCC[C@@H]4CO)ccc(c23)C(=O)N1CCCNCCNCCCN1C(=O)c2cccc3c(N4CCC[C@@H]4CO)ccc(c23)C1=O. The summed E-state index contributed by atoms with van der Waals surface area (Å²) in [6.07, 6.45) is 5.05. The molecule has 2 fully saturated rings. The molecule has 0 aliphatic carbocycles. The number of carbonyl (C=O) groups excluding carboxylic acids is 4. The number of anilines is 2. The van der Waals surface area contributed by atoms with Crippen LogP contribution in [-0.2, 0) is 0 Å². The number of amides is 4. The summed E-state index contributed by atoms with van der Waals surface area (Å²) in [6.45, 7) is 5.08. The zero-order valence-electron chi connectivity index (χ0n) is 32.2. The summed E-state index contributed by atoms with van der Waals surface area (Å²) >= 11 is 0. The Labute approximate surface area is 363 Å². The Kier molecular flexibility index (Phi) is 16.6. The lowest BCUT2D eigenvalue weighted by Crippen LogP contribution is -2.42. The van der Waals surface area contributed by atoms with Crippen molar-refractivity contribution in [2.24, 2.45) is 0 Å². The van der Waals surface area contributed by atoms with Gasteiger partial charge in [-0.15, -0.1) is 49.6 Å². The highest BCUT2D eigenvalue weighted by atomic mass is 35.5. The third-order valence-electron chi connectivity index (χ3n) is 11.7. The Bertz CT molecular complexity index is 1950. The van der Waals surface area contributed by atoms with Crippen LogP contribution in [-0.4, -0.2) is 121 Å². The fraction of sp³-hybridized carbons (Fsp3) is 0.429. The summed E-state index contributed by atoms with van der Waals surface area (Å²) in [6, 6.07) is 18.9. The van der Waals surface area contributed by atoms with Gasteiger partial charge in [-0.25, -0.2) is 0 Å². The number of carbonyl (C=O) groups is 4. The molecule has 58 heavy (non-hydrogen) atoms. The van der Waals surface area contributed by atoms with Crippen molar-refractivity contribution in [2.45, 2.75) is 50.6 Å². The second-order valence-electron chi connectivity index (χ2n) is 14.8. The first-order valence-electron chi connectivity index (χ1n) is 19.4. The fourth-order valence-corrected chi connectivity index (χ4v) is 9.01. The van der Waals surface area contributed by atoms with Crippen LogP contribution in [0.25, 0.3) is 21.5 Å². The second kappa shape index (κ2) is 20.5. The molecule has 2 atom stereocenters. The number of aliphatic hydroxyl groups excluding tert-OH is 2. The number of hydrogen-bond donors (Lipinski definition) is 4. The highest BCUT2D eigenvalue weighted by Gasteiger charge is 2.36. The second-order valence-corrected chi connectivity index (χ2v) is 14.8. The minimum absolute atomic E-state index is 0.